The minimum Gasteiger partial charge on any atom is -0.295 e. The summed E-state index contributed by atoms with van der Waals surface area (Å²) in [6.45, 7) is 53.8. The van der Waals surface area contributed by atoms with Crippen LogP contribution in [0.2, 0.25) is 0 Å². The summed E-state index contributed by atoms with van der Waals surface area (Å²) in [6.07, 6.45) is 65.1. The van der Waals surface area contributed by atoms with Crippen molar-refractivity contribution < 1.29 is 4.79 Å². The number of ketones is 1. The molecule has 0 bridgehead atoms. The molecule has 1 nitrogen and oxygen atoms in total. The summed E-state index contributed by atoms with van der Waals surface area (Å²) in [5, 5.41) is 0. The second-order valence-electron chi connectivity index (χ2n) is 28.2. The van der Waals surface area contributed by atoms with Crippen molar-refractivity contribution in [2.75, 3.05) is 0 Å². The van der Waals surface area contributed by atoms with Gasteiger partial charge in [0.15, 0.2) is 5.78 Å². The third-order valence-electron chi connectivity index (χ3n) is 16.0. The second-order valence-corrected chi connectivity index (χ2v) is 28.2. The normalized spacial score (nSPS) is 17.0. The van der Waals surface area contributed by atoms with Gasteiger partial charge in [-0.05, 0) is 239 Å². The number of allylic oxidation sites excluding steroid dienone is 30. The number of carbonyl (C=O) groups excluding carboxylic acids is 1. The average molecular weight is 1140 g/mol. The van der Waals surface area contributed by atoms with Crippen LogP contribution in [0.25, 0.3) is 0 Å². The average Bonchev–Trinajstić information content (AvgIpc) is 3.52. The molecule has 0 saturated heterocycles. The van der Waals surface area contributed by atoms with E-state index in [0.717, 1.165) is 56.3 Å². The van der Waals surface area contributed by atoms with Crippen molar-refractivity contribution in [1.82, 2.24) is 0 Å². The second kappa shape index (κ2) is 47.9. The van der Waals surface area contributed by atoms with Gasteiger partial charge in [-0.2, -0.15) is 0 Å². The van der Waals surface area contributed by atoms with Gasteiger partial charge in [-0.25, -0.2) is 0 Å². The molecular formula is C82H136O. The predicted octanol–water partition coefficient (Wildman–Crippen LogP) is 27.4. The zero-order valence-electron chi connectivity index (χ0n) is 59.5. The highest BCUT2D eigenvalue weighted by Gasteiger charge is 2.28. The Kier molecular flexibility index (Phi) is 46.7. The van der Waals surface area contributed by atoms with Crippen LogP contribution in [0.4, 0.5) is 0 Å². The molecule has 0 spiro atoms. The molecule has 2 aliphatic rings. The number of rotatable bonds is 31. The summed E-state index contributed by atoms with van der Waals surface area (Å²) in [4.78, 5) is 11.7. The molecule has 470 valence electrons. The fourth-order valence-electron chi connectivity index (χ4n) is 10.4. The van der Waals surface area contributed by atoms with E-state index in [9.17, 15) is 4.79 Å². The van der Waals surface area contributed by atoms with Gasteiger partial charge in [0.25, 0.3) is 0 Å². The Morgan fingerprint density at radius 2 is 0.964 bits per heavy atom. The van der Waals surface area contributed by atoms with Gasteiger partial charge >= 0.3 is 0 Å². The molecule has 2 rings (SSSR count). The monoisotopic (exact) mass is 1140 g/mol. The standard InChI is InChI=1S/C23H38.C22H38.C19H32O.C18H28/c1-18(2)13-14-19(3)10-8-11-20(4)15-16-22-21(5)12-9-17-23(22,6)7;1-18(2)12-9-7-8-10-13-19(3)15-16-21-20(4)14-11-17-22(21,5)6;1-15(2)9-7-10-17(5)11-8-12-18(6)14-19(20)13-16(3)4;1-6-7-8-12-17(4)14-10-15-18(5)13-9-11-16(2)3/h8,10-11,15,18H,9,12-14,16-17H2,1-7H3;10,13,15,18H,7-9,11-12,14,16-17H2,1-6H3;9,11,14,16H,7-8,10,12-13H2,1-6H3;6-8,10,12-16H,9,11H2,1-5H3. The number of hydrogen-bond donors (Lipinski definition) is 0. The zero-order chi connectivity index (χ0) is 63.4. The lowest BCUT2D eigenvalue weighted by Crippen LogP contribution is -2.20. The van der Waals surface area contributed by atoms with E-state index in [1.807, 2.05) is 25.2 Å². The van der Waals surface area contributed by atoms with Crippen molar-refractivity contribution in [1.29, 1.82) is 0 Å². The Morgan fingerprint density at radius 1 is 0.470 bits per heavy atom. The summed E-state index contributed by atoms with van der Waals surface area (Å²) in [5.74, 6) is 3.14. The van der Waals surface area contributed by atoms with Crippen molar-refractivity contribution in [3.63, 3.8) is 0 Å². The molecule has 0 heterocycles. The maximum atomic E-state index is 11.7. The molecule has 0 aromatic carbocycles. The molecule has 0 aromatic rings. The molecule has 0 aliphatic heterocycles. The van der Waals surface area contributed by atoms with Crippen molar-refractivity contribution in [2.45, 2.75) is 301 Å². The molecule has 1 heteroatoms. The Bertz CT molecular complexity index is 2280. The highest BCUT2D eigenvalue weighted by atomic mass is 16.1. The fraction of sp³-hybridized carbons (Fsp3) is 0.622. The van der Waals surface area contributed by atoms with Crippen molar-refractivity contribution in [2.24, 2.45) is 34.5 Å². The van der Waals surface area contributed by atoms with E-state index in [0.29, 0.717) is 23.2 Å². The first kappa shape index (κ1) is 80.8. The van der Waals surface area contributed by atoms with Crippen molar-refractivity contribution in [3.05, 3.63) is 176 Å². The Hall–Kier alpha value is -4.23. The summed E-state index contributed by atoms with van der Waals surface area (Å²) in [6, 6.07) is 0. The molecule has 83 heavy (non-hydrogen) atoms. The van der Waals surface area contributed by atoms with Crippen LogP contribution in [-0.4, -0.2) is 5.78 Å². The van der Waals surface area contributed by atoms with E-state index < -0.39 is 0 Å². The minimum absolute atomic E-state index is 0.266. The number of carbonyl (C=O) groups is 1. The highest BCUT2D eigenvalue weighted by Crippen LogP contribution is 2.43. The van der Waals surface area contributed by atoms with Crippen LogP contribution in [-0.2, 0) is 4.79 Å². The molecule has 0 saturated carbocycles. The summed E-state index contributed by atoms with van der Waals surface area (Å²) < 4.78 is 0. The maximum Gasteiger partial charge on any atom is 0.155 e. The Labute approximate surface area is 519 Å². The van der Waals surface area contributed by atoms with Gasteiger partial charge < -0.3 is 0 Å². The quantitative estimate of drug-likeness (QED) is 0.0293. The lowest BCUT2D eigenvalue weighted by atomic mass is 9.71. The molecular weight excluding hydrogens is 1000 g/mol. The maximum absolute atomic E-state index is 11.7. The first-order chi connectivity index (χ1) is 38.9. The highest BCUT2D eigenvalue weighted by molar-refractivity contribution is 5.90. The first-order valence-electron chi connectivity index (χ1n) is 33.4. The van der Waals surface area contributed by atoms with Gasteiger partial charge in [0.05, 0.1) is 0 Å². The molecule has 0 N–H and O–H groups in total. The van der Waals surface area contributed by atoms with Crippen LogP contribution in [0.15, 0.2) is 176 Å². The topological polar surface area (TPSA) is 17.1 Å². The minimum atomic E-state index is 0.266. The lowest BCUT2D eigenvalue weighted by Gasteiger charge is -2.34. The molecule has 0 unspecified atom stereocenters. The Balaban J connectivity index is 0. The van der Waals surface area contributed by atoms with E-state index >= 15 is 0 Å². The Morgan fingerprint density at radius 3 is 1.47 bits per heavy atom. The lowest BCUT2D eigenvalue weighted by molar-refractivity contribution is -0.115. The van der Waals surface area contributed by atoms with Gasteiger partial charge in [0, 0.05) is 6.42 Å². The zero-order valence-corrected chi connectivity index (χ0v) is 59.5. The summed E-state index contributed by atoms with van der Waals surface area (Å²) in [7, 11) is 0. The third-order valence-corrected chi connectivity index (χ3v) is 16.0. The van der Waals surface area contributed by atoms with Crippen LogP contribution in [0.5, 0.6) is 0 Å². The third kappa shape index (κ3) is 47.7. The molecule has 0 aromatic heterocycles. The fourth-order valence-corrected chi connectivity index (χ4v) is 10.4. The first-order valence-corrected chi connectivity index (χ1v) is 33.4. The predicted molar refractivity (Wildman–Crippen MR) is 381 cm³/mol. The largest absolute Gasteiger partial charge is 0.295 e. The molecule has 2 aliphatic carbocycles. The summed E-state index contributed by atoms with van der Waals surface area (Å²) in [5.41, 5.74) is 18.3. The van der Waals surface area contributed by atoms with Crippen LogP contribution in [0.3, 0.4) is 0 Å². The van der Waals surface area contributed by atoms with Gasteiger partial charge in [-0.3, -0.25) is 4.79 Å². The van der Waals surface area contributed by atoms with Gasteiger partial charge in [0.1, 0.15) is 0 Å². The smallest absolute Gasteiger partial charge is 0.155 e. The van der Waals surface area contributed by atoms with E-state index in [1.165, 1.54) is 134 Å². The summed E-state index contributed by atoms with van der Waals surface area (Å²) >= 11 is 0. The van der Waals surface area contributed by atoms with Crippen LogP contribution in [0.1, 0.15) is 301 Å². The van der Waals surface area contributed by atoms with Gasteiger partial charge in [0.2, 0.25) is 0 Å². The molecule has 0 atom stereocenters. The van der Waals surface area contributed by atoms with Crippen LogP contribution < -0.4 is 0 Å². The van der Waals surface area contributed by atoms with Crippen LogP contribution in [0, 0.1) is 34.5 Å². The van der Waals surface area contributed by atoms with Crippen molar-refractivity contribution >= 4 is 5.78 Å². The van der Waals surface area contributed by atoms with Crippen molar-refractivity contribution in [3.8, 4) is 0 Å². The SMILES string of the molecule is CC(C)=CCCC(C)=CCCC(C)=CC(=O)CC(C)C.CC(C=CC=C(C)CCC(C)C)=CCC1=C(C)CCCC1(C)C.CC(C=CCCCCC(C)C)=CCC1=C(C)CCCC1(C)C.CC=CC=CC(C)=CC=CC(C)=CCCC(C)C. The number of hydrogen-bond acceptors (Lipinski definition) is 1. The van der Waals surface area contributed by atoms with Gasteiger partial charge in [-0.15, -0.1) is 0 Å². The number of unbranched alkanes of at least 4 members (excludes halogenated alkanes) is 2. The van der Waals surface area contributed by atoms with E-state index in [-0.39, 0.29) is 5.78 Å². The molecule has 0 amide bonds. The van der Waals surface area contributed by atoms with E-state index in [1.54, 1.807) is 22.3 Å². The van der Waals surface area contributed by atoms with E-state index in [4.69, 9.17) is 0 Å². The van der Waals surface area contributed by atoms with Crippen LogP contribution >= 0.6 is 0 Å². The van der Waals surface area contributed by atoms with E-state index in [2.05, 4.69) is 250 Å². The molecule has 0 radical (unpaired) electrons. The molecule has 0 fully saturated rings. The van der Waals surface area contributed by atoms with Gasteiger partial charge in [-0.1, -0.05) is 266 Å².